The molecular formula is C8H14O3. The normalized spacial score (nSPS) is 23.8. The highest BCUT2D eigenvalue weighted by Crippen LogP contribution is 2.36. The summed E-state index contributed by atoms with van der Waals surface area (Å²) in [6.07, 6.45) is 0.250. The predicted molar refractivity (Wildman–Crippen MR) is 40.3 cm³/mol. The molecule has 1 N–H and O–H groups in total. The van der Waals surface area contributed by atoms with Gasteiger partial charge in [0.2, 0.25) is 0 Å². The molecule has 11 heavy (non-hydrogen) atoms. The summed E-state index contributed by atoms with van der Waals surface area (Å²) in [7, 11) is 0. The summed E-state index contributed by atoms with van der Waals surface area (Å²) in [4.78, 5) is 10.4. The average molecular weight is 158 g/mol. The molecule has 1 heterocycles. The number of rotatable bonds is 3. The monoisotopic (exact) mass is 158 g/mol. The van der Waals surface area contributed by atoms with Crippen LogP contribution in [0.2, 0.25) is 0 Å². The van der Waals surface area contributed by atoms with Crippen LogP contribution in [0.25, 0.3) is 0 Å². The summed E-state index contributed by atoms with van der Waals surface area (Å²) < 4.78 is 5.05. The second-order valence-corrected chi connectivity index (χ2v) is 3.65. The Labute approximate surface area is 66.4 Å². The molecule has 1 fully saturated rings. The zero-order chi connectivity index (χ0) is 8.48. The first-order valence-corrected chi connectivity index (χ1v) is 3.84. The Morgan fingerprint density at radius 1 is 1.73 bits per heavy atom. The van der Waals surface area contributed by atoms with E-state index in [1.54, 1.807) is 0 Å². The molecule has 0 aliphatic carbocycles. The number of carbonyl (C=O) groups is 1. The molecule has 3 heteroatoms. The zero-order valence-electron chi connectivity index (χ0n) is 6.96. The molecular weight excluding hydrogens is 144 g/mol. The highest BCUT2D eigenvalue weighted by atomic mass is 16.5. The van der Waals surface area contributed by atoms with Gasteiger partial charge in [0.05, 0.1) is 13.2 Å². The minimum Gasteiger partial charge on any atom is -0.481 e. The van der Waals surface area contributed by atoms with E-state index in [1.165, 1.54) is 0 Å². The van der Waals surface area contributed by atoms with E-state index < -0.39 is 5.97 Å². The summed E-state index contributed by atoms with van der Waals surface area (Å²) in [5.41, 5.74) is 0.110. The van der Waals surface area contributed by atoms with Gasteiger partial charge in [0.1, 0.15) is 0 Å². The van der Waals surface area contributed by atoms with Crippen molar-refractivity contribution in [2.75, 3.05) is 13.2 Å². The van der Waals surface area contributed by atoms with Crippen LogP contribution in [-0.4, -0.2) is 24.3 Å². The molecule has 1 unspecified atom stereocenters. The van der Waals surface area contributed by atoms with Crippen LogP contribution >= 0.6 is 0 Å². The lowest BCUT2D eigenvalue weighted by Crippen LogP contribution is -2.45. The maximum atomic E-state index is 10.4. The van der Waals surface area contributed by atoms with Crippen molar-refractivity contribution in [3.05, 3.63) is 0 Å². The number of carboxylic acid groups (broad SMARTS) is 1. The van der Waals surface area contributed by atoms with Gasteiger partial charge in [-0.15, -0.1) is 0 Å². The van der Waals surface area contributed by atoms with E-state index in [1.807, 2.05) is 6.92 Å². The van der Waals surface area contributed by atoms with Crippen LogP contribution in [0.1, 0.15) is 20.3 Å². The number of carboxylic acids is 1. The first kappa shape index (κ1) is 8.53. The Morgan fingerprint density at radius 3 is 2.55 bits per heavy atom. The van der Waals surface area contributed by atoms with Crippen LogP contribution in [-0.2, 0) is 9.53 Å². The van der Waals surface area contributed by atoms with E-state index in [-0.39, 0.29) is 17.8 Å². The topological polar surface area (TPSA) is 46.5 Å². The molecule has 0 amide bonds. The zero-order valence-corrected chi connectivity index (χ0v) is 6.96. The molecule has 0 radical (unpaired) electrons. The third-order valence-electron chi connectivity index (χ3n) is 2.53. The summed E-state index contributed by atoms with van der Waals surface area (Å²) in [6.45, 7) is 5.46. The quantitative estimate of drug-likeness (QED) is 0.669. The Kier molecular flexibility index (Phi) is 2.18. The minimum absolute atomic E-state index is 0.110. The smallest absolute Gasteiger partial charge is 0.303 e. The van der Waals surface area contributed by atoms with Gasteiger partial charge in [0.25, 0.3) is 0 Å². The van der Waals surface area contributed by atoms with Gasteiger partial charge in [-0.2, -0.15) is 0 Å². The van der Waals surface area contributed by atoms with Crippen molar-refractivity contribution in [3.8, 4) is 0 Å². The highest BCUT2D eigenvalue weighted by Gasteiger charge is 2.39. The lowest BCUT2D eigenvalue weighted by atomic mass is 9.75. The first-order chi connectivity index (χ1) is 5.04. The van der Waals surface area contributed by atoms with Crippen LogP contribution in [0.5, 0.6) is 0 Å². The van der Waals surface area contributed by atoms with Crippen molar-refractivity contribution in [2.45, 2.75) is 20.3 Å². The van der Waals surface area contributed by atoms with Crippen LogP contribution in [0.4, 0.5) is 0 Å². The number of ether oxygens (including phenoxy) is 1. The molecule has 0 spiro atoms. The highest BCUT2D eigenvalue weighted by molar-refractivity contribution is 5.67. The third-order valence-corrected chi connectivity index (χ3v) is 2.53. The molecule has 1 aliphatic heterocycles. The van der Waals surface area contributed by atoms with Crippen molar-refractivity contribution in [1.29, 1.82) is 0 Å². The molecule has 1 rings (SSSR count). The Morgan fingerprint density at radius 2 is 2.27 bits per heavy atom. The molecule has 1 saturated heterocycles. The van der Waals surface area contributed by atoms with Gasteiger partial charge in [0, 0.05) is 11.8 Å². The van der Waals surface area contributed by atoms with Gasteiger partial charge in [-0.05, 0) is 5.92 Å². The van der Waals surface area contributed by atoms with Crippen LogP contribution in [0.3, 0.4) is 0 Å². The van der Waals surface area contributed by atoms with Crippen LogP contribution in [0.15, 0.2) is 0 Å². The molecule has 0 bridgehead atoms. The molecule has 0 aromatic rings. The van der Waals surface area contributed by atoms with Gasteiger partial charge in [0.15, 0.2) is 0 Å². The largest absolute Gasteiger partial charge is 0.481 e. The second-order valence-electron chi connectivity index (χ2n) is 3.65. The maximum absolute atomic E-state index is 10.4. The minimum atomic E-state index is -0.717. The van der Waals surface area contributed by atoms with Gasteiger partial charge in [-0.25, -0.2) is 0 Å². The van der Waals surface area contributed by atoms with Crippen molar-refractivity contribution in [3.63, 3.8) is 0 Å². The van der Waals surface area contributed by atoms with E-state index in [9.17, 15) is 4.79 Å². The Hall–Kier alpha value is -0.570. The maximum Gasteiger partial charge on any atom is 0.303 e. The fraction of sp³-hybridized carbons (Fsp3) is 0.875. The van der Waals surface area contributed by atoms with E-state index in [0.29, 0.717) is 13.2 Å². The first-order valence-electron chi connectivity index (χ1n) is 3.84. The van der Waals surface area contributed by atoms with Gasteiger partial charge in [-0.1, -0.05) is 13.8 Å². The fourth-order valence-corrected chi connectivity index (χ4v) is 1.22. The third kappa shape index (κ3) is 1.71. The predicted octanol–water partition coefficient (Wildman–Crippen LogP) is 1.13. The molecule has 0 aromatic carbocycles. The number of hydrogen-bond acceptors (Lipinski definition) is 2. The summed E-state index contributed by atoms with van der Waals surface area (Å²) in [6, 6.07) is 0. The average Bonchev–Trinajstić information content (AvgIpc) is 1.81. The van der Waals surface area contributed by atoms with E-state index in [2.05, 4.69) is 6.92 Å². The Bertz CT molecular complexity index is 161. The molecule has 1 aliphatic rings. The molecule has 0 aromatic heterocycles. The molecule has 1 atom stereocenters. The van der Waals surface area contributed by atoms with Crippen LogP contribution < -0.4 is 0 Å². The van der Waals surface area contributed by atoms with E-state index >= 15 is 0 Å². The summed E-state index contributed by atoms with van der Waals surface area (Å²) in [5, 5.41) is 8.53. The van der Waals surface area contributed by atoms with E-state index in [0.717, 1.165) is 0 Å². The SMILES string of the molecule is CC(CC(=O)O)C1(C)COC1. The summed E-state index contributed by atoms with van der Waals surface area (Å²) >= 11 is 0. The Balaban J connectivity index is 2.40. The van der Waals surface area contributed by atoms with E-state index in [4.69, 9.17) is 9.84 Å². The summed E-state index contributed by atoms with van der Waals surface area (Å²) in [5.74, 6) is -0.501. The van der Waals surface area contributed by atoms with Gasteiger partial charge >= 0.3 is 5.97 Å². The molecule has 0 saturated carbocycles. The van der Waals surface area contributed by atoms with Crippen molar-refractivity contribution in [1.82, 2.24) is 0 Å². The van der Waals surface area contributed by atoms with Crippen molar-refractivity contribution in [2.24, 2.45) is 11.3 Å². The lowest BCUT2D eigenvalue weighted by Gasteiger charge is -2.42. The molecule has 3 nitrogen and oxygen atoms in total. The van der Waals surface area contributed by atoms with Gasteiger partial charge < -0.3 is 9.84 Å². The van der Waals surface area contributed by atoms with Crippen molar-refractivity contribution < 1.29 is 14.6 Å². The van der Waals surface area contributed by atoms with Gasteiger partial charge in [-0.3, -0.25) is 4.79 Å². The standard InChI is InChI=1S/C8H14O3/c1-6(3-7(9)10)8(2)4-11-5-8/h6H,3-5H2,1-2H3,(H,9,10). The molecule has 64 valence electrons. The number of aliphatic carboxylic acids is 1. The second kappa shape index (κ2) is 2.81. The lowest BCUT2D eigenvalue weighted by molar-refractivity contribution is -0.151. The number of hydrogen-bond donors (Lipinski definition) is 1. The van der Waals surface area contributed by atoms with Crippen molar-refractivity contribution >= 4 is 5.97 Å². The van der Waals surface area contributed by atoms with Crippen LogP contribution in [0, 0.1) is 11.3 Å². The fourth-order valence-electron chi connectivity index (χ4n) is 1.22.